The second-order valence-electron chi connectivity index (χ2n) is 7.57. The summed E-state index contributed by atoms with van der Waals surface area (Å²) < 4.78 is 26.0. The molecule has 10 heteroatoms. The van der Waals surface area contributed by atoms with Crippen molar-refractivity contribution in [2.24, 2.45) is 0 Å². The zero-order valence-electron chi connectivity index (χ0n) is 18.1. The summed E-state index contributed by atoms with van der Waals surface area (Å²) in [5.41, 5.74) is 10.6. The number of anilines is 2. The van der Waals surface area contributed by atoms with Gasteiger partial charge in [0.2, 0.25) is 15.9 Å². The number of nitrogens with two attached hydrogens (primary N) is 1. The Hall–Kier alpha value is -3.37. The first-order valence-corrected chi connectivity index (χ1v) is 12.5. The molecule has 0 saturated carbocycles. The summed E-state index contributed by atoms with van der Waals surface area (Å²) in [6.07, 6.45) is 2.37. The highest BCUT2D eigenvalue weighted by molar-refractivity contribution is 9.10. The summed E-state index contributed by atoms with van der Waals surface area (Å²) in [5, 5.41) is 0.646. The number of hydrogen-bond acceptors (Lipinski definition) is 7. The Kier molecular flexibility index (Phi) is 5.89. The molecule has 2 N–H and O–H groups in total. The van der Waals surface area contributed by atoms with Gasteiger partial charge < -0.3 is 5.73 Å². The quantitative estimate of drug-likeness (QED) is 0.421. The topological polar surface area (TPSA) is 119 Å². The lowest BCUT2D eigenvalue weighted by atomic mass is 9.99. The number of fused-ring (bicyclic) bond motifs is 1. The van der Waals surface area contributed by atoms with Crippen molar-refractivity contribution in [1.82, 2.24) is 15.0 Å². The normalized spacial score (nSPS) is 11.5. The van der Waals surface area contributed by atoms with Gasteiger partial charge in [-0.3, -0.25) is 4.79 Å². The van der Waals surface area contributed by atoms with Gasteiger partial charge in [0.05, 0.1) is 23.0 Å². The van der Waals surface area contributed by atoms with Crippen LogP contribution in [0.4, 0.5) is 11.5 Å². The number of aromatic nitrogens is 3. The Bertz CT molecular complexity index is 1520. The number of nitrogen functional groups attached to an aromatic ring is 1. The van der Waals surface area contributed by atoms with E-state index in [0.717, 1.165) is 31.7 Å². The third-order valence-electron chi connectivity index (χ3n) is 5.10. The third kappa shape index (κ3) is 4.44. The van der Waals surface area contributed by atoms with Gasteiger partial charge in [0.15, 0.2) is 5.65 Å². The number of halogens is 1. The largest absolute Gasteiger partial charge is 0.383 e. The number of carbonyl (C=O) groups is 1. The molecular weight excluding hydrogens is 506 g/mol. The Morgan fingerprint density at radius 2 is 1.82 bits per heavy atom. The van der Waals surface area contributed by atoms with E-state index >= 15 is 0 Å². The van der Waals surface area contributed by atoms with E-state index in [4.69, 9.17) is 5.73 Å². The highest BCUT2D eigenvalue weighted by atomic mass is 79.9. The van der Waals surface area contributed by atoms with Gasteiger partial charge in [-0.2, -0.15) is 0 Å². The van der Waals surface area contributed by atoms with Crippen LogP contribution in [0, 0.1) is 6.92 Å². The van der Waals surface area contributed by atoms with Gasteiger partial charge in [0.25, 0.3) is 0 Å². The van der Waals surface area contributed by atoms with Crippen LogP contribution in [0.2, 0.25) is 0 Å². The molecule has 0 atom stereocenters. The van der Waals surface area contributed by atoms with Crippen molar-refractivity contribution < 1.29 is 13.2 Å². The number of sulfonamides is 1. The van der Waals surface area contributed by atoms with Crippen LogP contribution in [-0.2, 0) is 14.8 Å². The van der Waals surface area contributed by atoms with E-state index in [-0.39, 0.29) is 0 Å². The van der Waals surface area contributed by atoms with Gasteiger partial charge in [-0.15, -0.1) is 0 Å². The standard InChI is InChI=1S/C23H20BrN5O3S/c1-13-9-16(7-8-20(13)29(14(2)30)33(3,31)32)19-11-18(15-5-4-6-17(24)10-15)21-22(25)26-12-27-23(21)28-19/h4-12H,1-3H3,(H2,25,26,27,28). The minimum absolute atomic E-state index is 0.299. The predicted octanol–water partition coefficient (Wildman–Crippen LogP) is 4.32. The van der Waals surface area contributed by atoms with Crippen molar-refractivity contribution in [3.8, 4) is 22.4 Å². The number of rotatable bonds is 4. The van der Waals surface area contributed by atoms with Crippen LogP contribution in [-0.4, -0.2) is 35.5 Å². The Morgan fingerprint density at radius 3 is 2.45 bits per heavy atom. The van der Waals surface area contributed by atoms with Crippen LogP contribution in [0.15, 0.2) is 59.3 Å². The zero-order valence-corrected chi connectivity index (χ0v) is 20.5. The summed E-state index contributed by atoms with van der Waals surface area (Å²) in [5.74, 6) is -0.257. The van der Waals surface area contributed by atoms with Crippen molar-refractivity contribution in [1.29, 1.82) is 0 Å². The highest BCUT2D eigenvalue weighted by Gasteiger charge is 2.24. The van der Waals surface area contributed by atoms with Crippen LogP contribution in [0.1, 0.15) is 12.5 Å². The number of amides is 1. The van der Waals surface area contributed by atoms with E-state index in [1.54, 1.807) is 25.1 Å². The predicted molar refractivity (Wildman–Crippen MR) is 133 cm³/mol. The Labute approximate surface area is 199 Å². The van der Waals surface area contributed by atoms with Gasteiger partial charge in [-0.1, -0.05) is 34.1 Å². The van der Waals surface area contributed by atoms with Crippen LogP contribution >= 0.6 is 15.9 Å². The van der Waals surface area contributed by atoms with E-state index in [1.165, 1.54) is 13.3 Å². The smallest absolute Gasteiger partial charge is 0.238 e. The SMILES string of the molecule is CC(=O)N(c1ccc(-c2cc(-c3cccc(Br)c3)c3c(N)ncnc3n2)cc1C)S(C)(=O)=O. The summed E-state index contributed by atoms with van der Waals surface area (Å²) in [6, 6.07) is 14.8. The lowest BCUT2D eigenvalue weighted by Crippen LogP contribution is -2.34. The highest BCUT2D eigenvalue weighted by Crippen LogP contribution is 2.36. The number of pyridine rings is 1. The van der Waals surface area contributed by atoms with Crippen LogP contribution in [0.5, 0.6) is 0 Å². The van der Waals surface area contributed by atoms with E-state index < -0.39 is 15.9 Å². The average molecular weight is 526 g/mol. The van der Waals surface area contributed by atoms with Gasteiger partial charge in [-0.25, -0.2) is 27.7 Å². The van der Waals surface area contributed by atoms with Crippen molar-refractivity contribution >= 4 is 54.4 Å². The molecule has 33 heavy (non-hydrogen) atoms. The molecule has 8 nitrogen and oxygen atoms in total. The van der Waals surface area contributed by atoms with Gasteiger partial charge in [0, 0.05) is 17.0 Å². The Morgan fingerprint density at radius 1 is 1.06 bits per heavy atom. The second kappa shape index (κ2) is 8.53. The van der Waals surface area contributed by atoms with Crippen molar-refractivity contribution in [2.45, 2.75) is 13.8 Å². The summed E-state index contributed by atoms with van der Waals surface area (Å²) in [6.45, 7) is 2.96. The van der Waals surface area contributed by atoms with Crippen LogP contribution in [0.25, 0.3) is 33.4 Å². The molecule has 0 fully saturated rings. The fourth-order valence-corrected chi connectivity index (χ4v) is 5.17. The van der Waals surface area contributed by atoms with E-state index in [2.05, 4.69) is 30.9 Å². The van der Waals surface area contributed by atoms with Gasteiger partial charge in [-0.05, 0) is 53.9 Å². The number of hydrogen-bond donors (Lipinski definition) is 1. The van der Waals surface area contributed by atoms with E-state index in [1.807, 2.05) is 30.3 Å². The van der Waals surface area contributed by atoms with E-state index in [9.17, 15) is 13.2 Å². The molecule has 4 aromatic rings. The molecule has 168 valence electrons. The molecule has 2 aromatic heterocycles. The maximum absolute atomic E-state index is 12.2. The first-order chi connectivity index (χ1) is 15.6. The molecule has 0 aliphatic carbocycles. The molecule has 1 amide bonds. The van der Waals surface area contributed by atoms with Crippen molar-refractivity contribution in [2.75, 3.05) is 16.3 Å². The molecule has 0 bridgehead atoms. The molecular formula is C23H20BrN5O3S. The maximum atomic E-state index is 12.2. The molecule has 0 spiro atoms. The average Bonchev–Trinajstić information content (AvgIpc) is 2.73. The third-order valence-corrected chi connectivity index (χ3v) is 6.71. The van der Waals surface area contributed by atoms with E-state index in [0.29, 0.717) is 33.8 Å². The fraction of sp³-hybridized carbons (Fsp3) is 0.130. The Balaban J connectivity index is 1.93. The molecule has 0 aliphatic heterocycles. The zero-order chi connectivity index (χ0) is 23.9. The summed E-state index contributed by atoms with van der Waals surface area (Å²) in [7, 11) is -3.76. The molecule has 4 rings (SSSR count). The number of carbonyl (C=O) groups excluding carboxylic acids is 1. The second-order valence-corrected chi connectivity index (χ2v) is 10.3. The van der Waals surface area contributed by atoms with Gasteiger partial charge >= 0.3 is 0 Å². The first kappa shape index (κ1) is 22.8. The van der Waals surface area contributed by atoms with Crippen molar-refractivity contribution in [3.05, 3.63) is 64.9 Å². The van der Waals surface area contributed by atoms with Crippen LogP contribution in [0.3, 0.4) is 0 Å². The van der Waals surface area contributed by atoms with Crippen LogP contribution < -0.4 is 10.0 Å². The molecule has 2 heterocycles. The molecule has 2 aromatic carbocycles. The van der Waals surface area contributed by atoms with Crippen molar-refractivity contribution in [3.63, 3.8) is 0 Å². The first-order valence-electron chi connectivity index (χ1n) is 9.85. The lowest BCUT2D eigenvalue weighted by Gasteiger charge is -2.21. The summed E-state index contributed by atoms with van der Waals surface area (Å²) in [4.78, 5) is 25.1. The maximum Gasteiger partial charge on any atom is 0.238 e. The lowest BCUT2D eigenvalue weighted by molar-refractivity contribution is -0.115. The molecule has 0 radical (unpaired) electrons. The molecule has 0 unspecified atom stereocenters. The molecule has 0 aliphatic rings. The minimum Gasteiger partial charge on any atom is -0.383 e. The number of nitrogens with zero attached hydrogens (tertiary/aromatic N) is 4. The molecule has 0 saturated heterocycles. The monoisotopic (exact) mass is 525 g/mol. The minimum atomic E-state index is -3.76. The fourth-order valence-electron chi connectivity index (χ4n) is 3.74. The number of aryl methyl sites for hydroxylation is 1. The summed E-state index contributed by atoms with van der Waals surface area (Å²) >= 11 is 3.50. The van der Waals surface area contributed by atoms with Gasteiger partial charge in [0.1, 0.15) is 12.1 Å². The number of benzene rings is 2.